The van der Waals surface area contributed by atoms with Crippen LogP contribution in [0.1, 0.15) is 31.7 Å². The smallest absolute Gasteiger partial charge is 0.203 e. The molecule has 3 heterocycles. The Labute approximate surface area is 127 Å². The molecule has 0 amide bonds. The van der Waals surface area contributed by atoms with E-state index in [0.717, 1.165) is 17.3 Å². The minimum Gasteiger partial charge on any atom is -0.316 e. The molecule has 0 aromatic carbocycles. The Morgan fingerprint density at radius 2 is 2.15 bits per heavy atom. The van der Waals surface area contributed by atoms with E-state index < -0.39 is 0 Å². The van der Waals surface area contributed by atoms with E-state index >= 15 is 0 Å². The van der Waals surface area contributed by atoms with Crippen LogP contribution < -0.4 is 4.90 Å². The number of likely N-dealkylation sites (tertiary alicyclic amines) is 1. The van der Waals surface area contributed by atoms with Gasteiger partial charge < -0.3 is 4.90 Å². The highest BCUT2D eigenvalue weighted by molar-refractivity contribution is 7.71. The molecule has 1 saturated heterocycles. The van der Waals surface area contributed by atoms with Gasteiger partial charge in [-0.05, 0) is 36.5 Å². The molecule has 20 heavy (non-hydrogen) atoms. The summed E-state index contributed by atoms with van der Waals surface area (Å²) in [6.07, 6.45) is 5.16. The topological polar surface area (TPSA) is 27.2 Å². The summed E-state index contributed by atoms with van der Waals surface area (Å²) in [5.74, 6) is 1.08. The molecule has 1 aliphatic heterocycles. The molecule has 2 aromatic heterocycles. The Hall–Kier alpha value is -0.980. The molecule has 0 atom stereocenters. The van der Waals surface area contributed by atoms with Crippen molar-refractivity contribution in [3.05, 3.63) is 22.3 Å². The lowest BCUT2D eigenvalue weighted by Gasteiger charge is -2.10. The predicted octanol–water partition coefficient (Wildman–Crippen LogP) is 2.11. The van der Waals surface area contributed by atoms with Crippen LogP contribution in [-0.2, 0) is 6.67 Å². The number of rotatable bonds is 4. The molecule has 1 N–H and O–H groups in total. The van der Waals surface area contributed by atoms with Crippen LogP contribution in [0.4, 0.5) is 0 Å². The molecule has 4 rings (SSSR count). The molecular weight excluding hydrogens is 288 g/mol. The number of quaternary nitrogens is 1. The minimum atomic E-state index is 0.585. The summed E-state index contributed by atoms with van der Waals surface area (Å²) >= 11 is 7.44. The van der Waals surface area contributed by atoms with Gasteiger partial charge in [-0.3, -0.25) is 4.57 Å². The van der Waals surface area contributed by atoms with Crippen LogP contribution in [0, 0.1) is 4.77 Å². The van der Waals surface area contributed by atoms with E-state index in [2.05, 4.69) is 26.8 Å². The van der Waals surface area contributed by atoms with Crippen molar-refractivity contribution in [3.8, 4) is 10.7 Å². The summed E-state index contributed by atoms with van der Waals surface area (Å²) in [5.41, 5.74) is 0. The molecule has 2 aliphatic rings. The Bertz CT molecular complexity index is 645. The molecule has 2 fully saturated rings. The van der Waals surface area contributed by atoms with Gasteiger partial charge in [0.2, 0.25) is 4.77 Å². The third kappa shape index (κ3) is 2.25. The number of thiophene rings is 1. The zero-order valence-corrected chi connectivity index (χ0v) is 13.1. The second-order valence-electron chi connectivity index (χ2n) is 5.80. The molecule has 0 bridgehead atoms. The maximum atomic E-state index is 5.69. The first kappa shape index (κ1) is 12.7. The van der Waals surface area contributed by atoms with E-state index in [1.807, 2.05) is 0 Å². The van der Waals surface area contributed by atoms with Crippen LogP contribution in [0.5, 0.6) is 0 Å². The van der Waals surface area contributed by atoms with Crippen LogP contribution in [0.3, 0.4) is 0 Å². The van der Waals surface area contributed by atoms with Gasteiger partial charge in [0.05, 0.1) is 18.0 Å². The molecular formula is C14H19N4S2+. The van der Waals surface area contributed by atoms with Crippen molar-refractivity contribution in [2.45, 2.75) is 38.4 Å². The average Bonchev–Trinajstić information content (AvgIpc) is 2.89. The van der Waals surface area contributed by atoms with Gasteiger partial charge in [0.25, 0.3) is 0 Å². The third-order valence-corrected chi connectivity index (χ3v) is 5.48. The van der Waals surface area contributed by atoms with Gasteiger partial charge in [0.15, 0.2) is 12.5 Å². The van der Waals surface area contributed by atoms with Crippen LogP contribution >= 0.6 is 23.6 Å². The lowest BCUT2D eigenvalue weighted by molar-refractivity contribution is -0.911. The number of nitrogens with one attached hydrogen (secondary N) is 1. The van der Waals surface area contributed by atoms with Gasteiger partial charge >= 0.3 is 0 Å². The lowest BCUT2D eigenvalue weighted by Crippen LogP contribution is -3.09. The molecule has 0 spiro atoms. The number of hydrogen-bond donors (Lipinski definition) is 1. The van der Waals surface area contributed by atoms with Gasteiger partial charge in [-0.15, -0.1) is 16.4 Å². The minimum absolute atomic E-state index is 0.585. The van der Waals surface area contributed by atoms with Crippen LogP contribution in [0.25, 0.3) is 10.7 Å². The third-order valence-electron chi connectivity index (χ3n) is 4.21. The van der Waals surface area contributed by atoms with Crippen LogP contribution in [0.15, 0.2) is 17.5 Å². The Morgan fingerprint density at radius 3 is 2.80 bits per heavy atom. The summed E-state index contributed by atoms with van der Waals surface area (Å²) in [7, 11) is 0. The van der Waals surface area contributed by atoms with Gasteiger partial charge in [-0.25, -0.2) is 0 Å². The molecule has 106 valence electrons. The summed E-state index contributed by atoms with van der Waals surface area (Å²) in [6.45, 7) is 3.44. The Balaban J connectivity index is 1.72. The van der Waals surface area contributed by atoms with E-state index in [-0.39, 0.29) is 0 Å². The monoisotopic (exact) mass is 307 g/mol. The first-order chi connectivity index (χ1) is 9.83. The zero-order valence-electron chi connectivity index (χ0n) is 11.4. The van der Waals surface area contributed by atoms with E-state index in [4.69, 9.17) is 17.3 Å². The largest absolute Gasteiger partial charge is 0.316 e. The molecule has 4 nitrogen and oxygen atoms in total. The summed E-state index contributed by atoms with van der Waals surface area (Å²) in [4.78, 5) is 2.84. The SMILES string of the molecule is S=c1n(C[NH+]2CCCC2)nc(-c2cccs2)n1C1CC1. The fourth-order valence-corrected chi connectivity index (χ4v) is 4.05. The highest BCUT2D eigenvalue weighted by Gasteiger charge is 2.30. The number of nitrogens with zero attached hydrogens (tertiary/aromatic N) is 3. The van der Waals surface area contributed by atoms with Crippen molar-refractivity contribution in [3.63, 3.8) is 0 Å². The zero-order chi connectivity index (χ0) is 13.5. The van der Waals surface area contributed by atoms with Crippen LogP contribution in [0.2, 0.25) is 0 Å². The van der Waals surface area contributed by atoms with E-state index in [9.17, 15) is 0 Å². The number of aromatic nitrogens is 3. The summed E-state index contributed by atoms with van der Waals surface area (Å²) in [5, 5.41) is 6.95. The van der Waals surface area contributed by atoms with E-state index in [1.54, 1.807) is 16.2 Å². The lowest BCUT2D eigenvalue weighted by atomic mass is 10.4. The predicted molar refractivity (Wildman–Crippen MR) is 82.6 cm³/mol. The van der Waals surface area contributed by atoms with Gasteiger partial charge in [-0.1, -0.05) is 6.07 Å². The molecule has 1 saturated carbocycles. The molecule has 6 heteroatoms. The second kappa shape index (κ2) is 5.09. The second-order valence-corrected chi connectivity index (χ2v) is 7.11. The van der Waals surface area contributed by atoms with Crippen molar-refractivity contribution in [1.82, 2.24) is 14.3 Å². The highest BCUT2D eigenvalue weighted by atomic mass is 32.1. The van der Waals surface area contributed by atoms with Crippen molar-refractivity contribution in [1.29, 1.82) is 0 Å². The quantitative estimate of drug-likeness (QED) is 0.876. The normalized spacial score (nSPS) is 19.8. The van der Waals surface area contributed by atoms with Crippen molar-refractivity contribution < 1.29 is 4.90 Å². The average molecular weight is 307 g/mol. The number of hydrogen-bond acceptors (Lipinski definition) is 3. The molecule has 0 unspecified atom stereocenters. The first-order valence-electron chi connectivity index (χ1n) is 7.40. The van der Waals surface area contributed by atoms with Gasteiger partial charge in [0.1, 0.15) is 0 Å². The van der Waals surface area contributed by atoms with E-state index in [0.29, 0.717) is 6.04 Å². The standard InChI is InChI=1S/C14H18N4S2/c19-14-17(10-16-7-1-2-8-16)15-13(12-4-3-9-20-12)18(14)11-5-6-11/h3-4,9,11H,1-2,5-8,10H2/p+1. The van der Waals surface area contributed by atoms with Crippen molar-refractivity contribution in [2.24, 2.45) is 0 Å². The first-order valence-corrected chi connectivity index (χ1v) is 8.68. The highest BCUT2D eigenvalue weighted by Crippen LogP contribution is 2.39. The molecule has 0 radical (unpaired) electrons. The molecule has 1 aliphatic carbocycles. The Kier molecular flexibility index (Phi) is 3.24. The van der Waals surface area contributed by atoms with Crippen LogP contribution in [-0.4, -0.2) is 27.4 Å². The van der Waals surface area contributed by atoms with Gasteiger partial charge in [-0.2, -0.15) is 4.68 Å². The summed E-state index contributed by atoms with van der Waals surface area (Å²) in [6, 6.07) is 4.82. The van der Waals surface area contributed by atoms with Crippen molar-refractivity contribution in [2.75, 3.05) is 13.1 Å². The van der Waals surface area contributed by atoms with Gasteiger partial charge in [0, 0.05) is 18.9 Å². The maximum absolute atomic E-state index is 5.69. The maximum Gasteiger partial charge on any atom is 0.203 e. The Morgan fingerprint density at radius 1 is 1.35 bits per heavy atom. The fourth-order valence-electron chi connectivity index (χ4n) is 3.00. The van der Waals surface area contributed by atoms with E-state index in [1.165, 1.54) is 43.6 Å². The molecule has 2 aromatic rings. The summed E-state index contributed by atoms with van der Waals surface area (Å²) < 4.78 is 5.26. The van der Waals surface area contributed by atoms with Crippen molar-refractivity contribution >= 4 is 23.6 Å². The fraction of sp³-hybridized carbons (Fsp3) is 0.571.